The summed E-state index contributed by atoms with van der Waals surface area (Å²) in [6.07, 6.45) is 4.46. The summed E-state index contributed by atoms with van der Waals surface area (Å²) in [6, 6.07) is 2.43. The third-order valence-electron chi connectivity index (χ3n) is 7.46. The van der Waals surface area contributed by atoms with Gasteiger partial charge in [0.1, 0.15) is 11.4 Å². The summed E-state index contributed by atoms with van der Waals surface area (Å²) in [5, 5.41) is 46.1. The van der Waals surface area contributed by atoms with Crippen LogP contribution in [0.15, 0.2) is 63.0 Å². The number of anilines is 1. The van der Waals surface area contributed by atoms with Crippen LogP contribution in [0.2, 0.25) is 0 Å². The fourth-order valence-electron chi connectivity index (χ4n) is 5.25. The van der Waals surface area contributed by atoms with Gasteiger partial charge in [-0.25, -0.2) is 16.8 Å². The van der Waals surface area contributed by atoms with E-state index < -0.39 is 85.1 Å². The minimum atomic E-state index is -5.10. The fourth-order valence-corrected chi connectivity index (χ4v) is 7.99. The van der Waals surface area contributed by atoms with Crippen molar-refractivity contribution in [1.29, 1.82) is 0 Å². The number of hydrogen-bond acceptors (Lipinski definition) is 20. The highest BCUT2D eigenvalue weighted by molar-refractivity contribution is 7.95. The van der Waals surface area contributed by atoms with Crippen molar-refractivity contribution >= 4 is 79.3 Å². The van der Waals surface area contributed by atoms with E-state index in [9.17, 15) is 55.9 Å². The van der Waals surface area contributed by atoms with E-state index >= 15 is 0 Å². The third kappa shape index (κ3) is 9.36. The van der Waals surface area contributed by atoms with E-state index in [4.69, 9.17) is 0 Å². The molecule has 0 N–H and O–H groups in total. The van der Waals surface area contributed by atoms with Gasteiger partial charge in [-0.1, -0.05) is 24.3 Å². The number of hydrogen-bond donors (Lipinski definition) is 0. The SMILES string of the molecule is CC(=O)C1=NN(c2cc(SOO[O-])ccc2SOO[O-])C(=O)\C1=C/C=C/C=C/c1c(C(C)=O)nn(C2CC(S(=O)(=O)[O-])CCC2S(=O)(=O)[O-])c1[O-]. The number of rotatable bonds is 15. The number of allylic oxidation sites excluding steroid dienone is 4. The van der Waals surface area contributed by atoms with Crippen molar-refractivity contribution in [3.63, 3.8) is 0 Å². The number of aromatic nitrogens is 2. The highest BCUT2D eigenvalue weighted by atomic mass is 32.2. The zero-order chi connectivity index (χ0) is 37.7. The Morgan fingerprint density at radius 1 is 0.961 bits per heavy atom. The van der Waals surface area contributed by atoms with E-state index in [0.29, 0.717) is 28.8 Å². The molecule has 24 heteroatoms. The summed E-state index contributed by atoms with van der Waals surface area (Å²) in [6.45, 7) is 2.20. The maximum Gasteiger partial charge on any atom is 0.281 e. The molecule has 276 valence electrons. The Morgan fingerprint density at radius 2 is 1.65 bits per heavy atom. The molecule has 1 aromatic carbocycles. The average molecular weight is 788 g/mol. The van der Waals surface area contributed by atoms with Gasteiger partial charge >= 0.3 is 0 Å². The fraction of sp³-hybridized carbons (Fsp3) is 0.296. The molecule has 20 nitrogen and oxygen atoms in total. The largest absolute Gasteiger partial charge is 0.858 e. The molecule has 4 rings (SSSR count). The first-order valence-electron chi connectivity index (χ1n) is 14.1. The first-order valence-corrected chi connectivity index (χ1v) is 18.5. The molecule has 0 spiro atoms. The summed E-state index contributed by atoms with van der Waals surface area (Å²) >= 11 is 0.885. The smallest absolute Gasteiger partial charge is 0.281 e. The van der Waals surface area contributed by atoms with Crippen LogP contribution in [-0.4, -0.2) is 69.4 Å². The number of ketones is 2. The normalized spacial score (nSPS) is 20.9. The summed E-state index contributed by atoms with van der Waals surface area (Å²) in [7, 11) is -10.0. The van der Waals surface area contributed by atoms with Gasteiger partial charge in [0.2, 0.25) is 0 Å². The second-order valence-corrected chi connectivity index (χ2v) is 15.4. The monoisotopic (exact) mass is 787 g/mol. The van der Waals surface area contributed by atoms with Crippen LogP contribution in [0.5, 0.6) is 5.88 Å². The average Bonchev–Trinajstić information content (AvgIpc) is 3.57. The van der Waals surface area contributed by atoms with E-state index in [0.717, 1.165) is 24.9 Å². The first kappa shape index (κ1) is 40.0. The van der Waals surface area contributed by atoms with E-state index in [1.165, 1.54) is 42.5 Å². The van der Waals surface area contributed by atoms with Gasteiger partial charge in [0.15, 0.2) is 11.6 Å². The van der Waals surface area contributed by atoms with Gasteiger partial charge < -0.3 is 24.7 Å². The standard InChI is InChI=1S/C27H28N4O16S4/c1-14(32)24-18(26(34)30(28-24)20-12-16(48-46-44-36)8-10-22(20)49-47-45-37)6-4-3-5-7-19-25(15(2)33)29-31(27(19)35)21-13-17(50(38,39)40)9-11-23(21)51(41,42)43/h3-8,10,12,17,21,23,35-37H,9,11,13H2,1-2H3,(H,38,39,40)(H,41,42,43)/p-5/b4-3+,7-5+,18-6-. The lowest BCUT2D eigenvalue weighted by molar-refractivity contribution is -0.777. The molecule has 1 aliphatic carbocycles. The van der Waals surface area contributed by atoms with Crippen LogP contribution in [0.1, 0.15) is 55.2 Å². The topological polar surface area (TPSA) is 305 Å². The zero-order valence-electron chi connectivity index (χ0n) is 25.9. The number of carbonyl (C=O) groups is 3. The molecule has 2 aliphatic rings. The number of nitrogens with zero attached hydrogens (tertiary/aromatic N) is 4. The summed E-state index contributed by atoms with van der Waals surface area (Å²) < 4.78 is 80.2. The number of hydrazone groups is 1. The Morgan fingerprint density at radius 3 is 2.25 bits per heavy atom. The Kier molecular flexibility index (Phi) is 13.1. The number of amides is 1. The number of benzene rings is 1. The quantitative estimate of drug-likeness (QED) is 0.0424. The van der Waals surface area contributed by atoms with Gasteiger partial charge in [-0.05, 0) is 49.4 Å². The van der Waals surface area contributed by atoms with Crippen LogP contribution in [-0.2, 0) is 48.6 Å². The van der Waals surface area contributed by atoms with Crippen molar-refractivity contribution in [2.24, 2.45) is 5.10 Å². The molecule has 0 saturated heterocycles. The number of carbonyl (C=O) groups excluding carboxylic acids is 3. The molecular formula is C27H23N4O16S4-5. The number of Topliss-reactive ketones (excluding diaryl/α,β-unsaturated/α-hetero) is 2. The van der Waals surface area contributed by atoms with Crippen molar-refractivity contribution in [2.45, 2.75) is 59.4 Å². The molecule has 1 aliphatic heterocycles. The maximum atomic E-state index is 13.4. The minimum absolute atomic E-state index is 0.0199. The third-order valence-corrected chi connectivity index (χ3v) is 11.2. The van der Waals surface area contributed by atoms with E-state index in [1.807, 2.05) is 0 Å². The van der Waals surface area contributed by atoms with Crippen LogP contribution in [0.4, 0.5) is 5.69 Å². The predicted octanol–water partition coefficient (Wildman–Crippen LogP) is -0.339. The molecule has 3 atom stereocenters. The van der Waals surface area contributed by atoms with Crippen molar-refractivity contribution in [3.8, 4) is 5.88 Å². The molecule has 1 aromatic heterocycles. The lowest BCUT2D eigenvalue weighted by Crippen LogP contribution is -2.42. The molecule has 2 aromatic rings. The van der Waals surface area contributed by atoms with Crippen LogP contribution >= 0.6 is 24.1 Å². The Balaban J connectivity index is 1.65. The van der Waals surface area contributed by atoms with Gasteiger partial charge in [-0.2, -0.15) is 23.9 Å². The lowest BCUT2D eigenvalue weighted by Gasteiger charge is -2.39. The van der Waals surface area contributed by atoms with Crippen molar-refractivity contribution < 1.29 is 74.7 Å². The van der Waals surface area contributed by atoms with Crippen LogP contribution < -0.4 is 20.6 Å². The molecule has 1 fully saturated rings. The van der Waals surface area contributed by atoms with E-state index in [-0.39, 0.29) is 32.3 Å². The molecule has 51 heavy (non-hydrogen) atoms. The maximum absolute atomic E-state index is 13.4. The Labute approximate surface area is 297 Å². The predicted molar refractivity (Wildman–Crippen MR) is 166 cm³/mol. The van der Waals surface area contributed by atoms with Crippen LogP contribution in [0, 0.1) is 0 Å². The lowest BCUT2D eigenvalue weighted by atomic mass is 9.94. The van der Waals surface area contributed by atoms with Crippen LogP contribution in [0.25, 0.3) is 6.08 Å². The van der Waals surface area contributed by atoms with E-state index in [2.05, 4.69) is 28.9 Å². The zero-order valence-corrected chi connectivity index (χ0v) is 29.2. The first-order chi connectivity index (χ1) is 24.0. The molecule has 0 bridgehead atoms. The van der Waals surface area contributed by atoms with Crippen LogP contribution in [0.3, 0.4) is 0 Å². The Hall–Kier alpha value is -3.79. The van der Waals surface area contributed by atoms with E-state index in [1.54, 1.807) is 0 Å². The van der Waals surface area contributed by atoms with Crippen molar-refractivity contribution in [1.82, 2.24) is 9.78 Å². The van der Waals surface area contributed by atoms with Gasteiger partial charge in [-0.3, -0.25) is 29.1 Å². The second-order valence-electron chi connectivity index (χ2n) is 10.6. The molecule has 2 heterocycles. The minimum Gasteiger partial charge on any atom is -0.858 e. The van der Waals surface area contributed by atoms with Gasteiger partial charge in [0.05, 0.1) is 77.0 Å². The van der Waals surface area contributed by atoms with Crippen molar-refractivity contribution in [2.75, 3.05) is 5.01 Å². The summed E-state index contributed by atoms with van der Waals surface area (Å²) in [4.78, 5) is 38.6. The van der Waals surface area contributed by atoms with Crippen molar-refractivity contribution in [3.05, 3.63) is 59.3 Å². The molecule has 1 amide bonds. The summed E-state index contributed by atoms with van der Waals surface area (Å²) in [5.74, 6) is -3.21. The van der Waals surface area contributed by atoms with Gasteiger partial charge in [-0.15, -0.1) is 0 Å². The molecule has 0 radical (unpaired) electrons. The second kappa shape index (κ2) is 16.7. The van der Waals surface area contributed by atoms with Gasteiger partial charge in [0.25, 0.3) is 5.91 Å². The summed E-state index contributed by atoms with van der Waals surface area (Å²) in [5.41, 5.74) is -1.28. The molecular weight excluding hydrogens is 765 g/mol. The Bertz CT molecular complexity index is 2040. The molecule has 3 unspecified atom stereocenters. The molecule has 1 saturated carbocycles. The highest BCUT2D eigenvalue weighted by Crippen LogP contribution is 2.39. The highest BCUT2D eigenvalue weighted by Gasteiger charge is 2.39. The van der Waals surface area contributed by atoms with Gasteiger partial charge in [0, 0.05) is 24.3 Å².